The molecule has 2 aliphatic rings. The minimum Gasteiger partial charge on any atom is -0.453 e. The summed E-state index contributed by atoms with van der Waals surface area (Å²) < 4.78 is 26.7. The maximum atomic E-state index is 14.9. The van der Waals surface area contributed by atoms with Crippen LogP contribution in [0.3, 0.4) is 0 Å². The van der Waals surface area contributed by atoms with E-state index >= 15 is 0 Å². The number of aryl methyl sites for hydroxylation is 1. The Balaban J connectivity index is 0.00000106. The van der Waals surface area contributed by atoms with Crippen LogP contribution in [-0.2, 0) is 33.8 Å². The lowest BCUT2D eigenvalue weighted by atomic mass is 9.82. The van der Waals surface area contributed by atoms with E-state index in [2.05, 4.69) is 5.32 Å². The fourth-order valence-corrected chi connectivity index (χ4v) is 5.72. The maximum Gasteiger partial charge on any atom is 0.407 e. The zero-order chi connectivity index (χ0) is 29.7. The van der Waals surface area contributed by atoms with Crippen LogP contribution in [0.15, 0.2) is 16.9 Å². The summed E-state index contributed by atoms with van der Waals surface area (Å²) in [4.78, 5) is 42.5. The molecule has 1 N–H and O–H groups in total. The quantitative estimate of drug-likeness (QED) is 0.289. The molecule has 3 aromatic rings. The van der Waals surface area contributed by atoms with Crippen LogP contribution >= 0.6 is 0 Å². The Morgan fingerprint density at radius 1 is 1.23 bits per heavy atom. The normalized spacial score (nSPS) is 15.1. The van der Waals surface area contributed by atoms with Gasteiger partial charge in [-0.25, -0.2) is 14.2 Å². The van der Waals surface area contributed by atoms with Crippen molar-refractivity contribution in [1.82, 2.24) is 14.9 Å². The molecule has 8 nitrogen and oxygen atoms in total. The Morgan fingerprint density at radius 2 is 1.93 bits per heavy atom. The average molecular weight is 554 g/mol. The number of rotatable bonds is 6. The van der Waals surface area contributed by atoms with Crippen molar-refractivity contribution in [3.05, 3.63) is 61.7 Å². The van der Waals surface area contributed by atoms with Crippen molar-refractivity contribution in [2.75, 3.05) is 14.2 Å². The summed E-state index contributed by atoms with van der Waals surface area (Å²) in [5, 5.41) is 3.74. The standard InChI is InChI=1S/C27H28FN3O5.2C2H6/c1-5-14(11-32)16-8-22-25-17(10-31(22)26(33)18(16)12-35-3)24-20(30-27(34)36-4)7-6-15-13(2)19(28)9-21(29-25)23(15)24;2*1-2/h8-9,11,14,20H,5-7,10,12H2,1-4H3,(H,30,34);2*1-2H3. The fraction of sp³-hybridized carbons (Fsp3) is 0.484. The number of hydrogen-bond acceptors (Lipinski definition) is 6. The number of halogens is 1. The highest BCUT2D eigenvalue weighted by Crippen LogP contribution is 2.45. The number of alkyl carbamates (subject to hydrolysis) is 1. The zero-order valence-corrected chi connectivity index (χ0v) is 24.7. The van der Waals surface area contributed by atoms with E-state index in [0.29, 0.717) is 52.9 Å². The second-order valence-electron chi connectivity index (χ2n) is 9.37. The van der Waals surface area contributed by atoms with E-state index in [1.165, 1.54) is 20.3 Å². The number of nitrogens with one attached hydrogen (secondary N) is 1. The maximum absolute atomic E-state index is 14.9. The summed E-state index contributed by atoms with van der Waals surface area (Å²) in [6.07, 6.45) is 1.96. The van der Waals surface area contributed by atoms with Crippen molar-refractivity contribution in [2.24, 2.45) is 0 Å². The van der Waals surface area contributed by atoms with Gasteiger partial charge in [-0.2, -0.15) is 0 Å². The molecular weight excluding hydrogens is 513 g/mol. The van der Waals surface area contributed by atoms with Gasteiger partial charge < -0.3 is 24.2 Å². The first kappa shape index (κ1) is 30.9. The number of hydrogen-bond donors (Lipinski definition) is 1. The number of carbonyl (C=O) groups is 2. The van der Waals surface area contributed by atoms with E-state index in [1.807, 2.05) is 40.7 Å². The number of methoxy groups -OCH3 is 2. The number of fused-ring (bicyclic) bond motifs is 4. The van der Waals surface area contributed by atoms with Crippen molar-refractivity contribution in [3.63, 3.8) is 0 Å². The molecule has 2 unspecified atom stereocenters. The molecule has 216 valence electrons. The number of benzene rings is 1. The molecule has 1 aliphatic heterocycles. The summed E-state index contributed by atoms with van der Waals surface area (Å²) in [6, 6.07) is 2.88. The van der Waals surface area contributed by atoms with E-state index in [1.54, 1.807) is 11.5 Å². The lowest BCUT2D eigenvalue weighted by Crippen LogP contribution is -2.32. The van der Waals surface area contributed by atoms with Crippen LogP contribution in [0.1, 0.15) is 92.8 Å². The van der Waals surface area contributed by atoms with Gasteiger partial charge in [-0.3, -0.25) is 4.79 Å². The van der Waals surface area contributed by atoms with Gasteiger partial charge in [-0.15, -0.1) is 0 Å². The molecule has 0 fully saturated rings. The Kier molecular flexibility index (Phi) is 10.2. The summed E-state index contributed by atoms with van der Waals surface area (Å²) in [5.41, 5.74) is 5.52. The minimum absolute atomic E-state index is 0.0818. The van der Waals surface area contributed by atoms with Gasteiger partial charge in [0.15, 0.2) is 0 Å². The van der Waals surface area contributed by atoms with E-state index in [0.717, 1.165) is 28.4 Å². The Labute approximate surface area is 234 Å². The first-order valence-electron chi connectivity index (χ1n) is 14.0. The molecule has 0 bridgehead atoms. The fourth-order valence-electron chi connectivity index (χ4n) is 5.72. The van der Waals surface area contributed by atoms with Gasteiger partial charge in [-0.1, -0.05) is 34.6 Å². The van der Waals surface area contributed by atoms with Crippen LogP contribution in [0, 0.1) is 12.7 Å². The highest BCUT2D eigenvalue weighted by Gasteiger charge is 2.35. The van der Waals surface area contributed by atoms with Gasteiger partial charge >= 0.3 is 6.09 Å². The van der Waals surface area contributed by atoms with Crippen LogP contribution < -0.4 is 10.9 Å². The van der Waals surface area contributed by atoms with Crippen LogP contribution in [0.25, 0.3) is 22.3 Å². The Hall–Kier alpha value is -3.59. The van der Waals surface area contributed by atoms with Gasteiger partial charge in [-0.05, 0) is 54.5 Å². The molecule has 2 atom stereocenters. The molecule has 9 heteroatoms. The summed E-state index contributed by atoms with van der Waals surface area (Å²) >= 11 is 0. The number of pyridine rings is 2. The SMILES string of the molecule is CC.CC.CCC(C=O)c1cc2n(c(=O)c1COC)Cc1c-2nc2cc(F)c(C)c3c2c1C(NC(=O)OC)CC3. The van der Waals surface area contributed by atoms with Gasteiger partial charge in [0.1, 0.15) is 12.1 Å². The summed E-state index contributed by atoms with van der Waals surface area (Å²) in [5.74, 6) is -0.800. The smallest absolute Gasteiger partial charge is 0.407 e. The highest BCUT2D eigenvalue weighted by atomic mass is 19.1. The van der Waals surface area contributed by atoms with E-state index in [9.17, 15) is 18.8 Å². The topological polar surface area (TPSA) is 99.5 Å². The molecule has 0 saturated carbocycles. The van der Waals surface area contributed by atoms with Gasteiger partial charge in [0, 0.05) is 35.6 Å². The predicted octanol–water partition coefficient (Wildman–Crippen LogP) is 6.11. The molecule has 40 heavy (non-hydrogen) atoms. The summed E-state index contributed by atoms with van der Waals surface area (Å²) in [6.45, 7) is 12.0. The number of amides is 1. The van der Waals surface area contributed by atoms with Crippen LogP contribution in [0.2, 0.25) is 0 Å². The van der Waals surface area contributed by atoms with Crippen molar-refractivity contribution in [1.29, 1.82) is 0 Å². The molecule has 1 aliphatic carbocycles. The largest absolute Gasteiger partial charge is 0.453 e. The molecule has 1 aromatic carbocycles. The van der Waals surface area contributed by atoms with E-state index in [4.69, 9.17) is 14.5 Å². The summed E-state index contributed by atoms with van der Waals surface area (Å²) in [7, 11) is 2.82. The van der Waals surface area contributed by atoms with Crippen molar-refractivity contribution in [3.8, 4) is 11.4 Å². The molecule has 5 rings (SSSR count). The molecular formula is C31H40FN3O5. The lowest BCUT2D eigenvalue weighted by Gasteiger charge is -2.29. The van der Waals surface area contributed by atoms with E-state index < -0.39 is 12.0 Å². The molecule has 0 radical (unpaired) electrons. The van der Waals surface area contributed by atoms with Crippen LogP contribution in [0.5, 0.6) is 0 Å². The highest BCUT2D eigenvalue weighted by molar-refractivity contribution is 5.93. The molecule has 3 heterocycles. The second kappa shape index (κ2) is 13.2. The molecule has 1 amide bonds. The van der Waals surface area contributed by atoms with Crippen LogP contribution in [0.4, 0.5) is 9.18 Å². The monoisotopic (exact) mass is 553 g/mol. The third-order valence-electron chi connectivity index (χ3n) is 7.54. The Bertz CT molecular complexity index is 1480. The first-order valence-corrected chi connectivity index (χ1v) is 14.0. The lowest BCUT2D eigenvalue weighted by molar-refractivity contribution is -0.109. The van der Waals surface area contributed by atoms with Crippen molar-refractivity contribution >= 4 is 23.3 Å². The number of aromatic nitrogens is 2. The third kappa shape index (κ3) is 5.14. The van der Waals surface area contributed by atoms with Gasteiger partial charge in [0.05, 0.1) is 43.2 Å². The number of aldehydes is 1. The molecule has 0 saturated heterocycles. The third-order valence-corrected chi connectivity index (χ3v) is 7.54. The minimum atomic E-state index is -0.560. The van der Waals surface area contributed by atoms with E-state index in [-0.39, 0.29) is 30.6 Å². The second-order valence-corrected chi connectivity index (χ2v) is 9.37. The van der Waals surface area contributed by atoms with Crippen molar-refractivity contribution in [2.45, 2.75) is 85.9 Å². The predicted molar refractivity (Wildman–Crippen MR) is 154 cm³/mol. The molecule has 0 spiro atoms. The Morgan fingerprint density at radius 3 is 2.52 bits per heavy atom. The van der Waals surface area contributed by atoms with Crippen LogP contribution in [-0.4, -0.2) is 36.2 Å². The number of nitrogens with zero attached hydrogens (tertiary/aromatic N) is 2. The average Bonchev–Trinajstić information content (AvgIpc) is 3.35. The zero-order valence-electron chi connectivity index (χ0n) is 24.7. The van der Waals surface area contributed by atoms with Gasteiger partial charge in [0.25, 0.3) is 5.56 Å². The first-order chi connectivity index (χ1) is 19.3. The van der Waals surface area contributed by atoms with Gasteiger partial charge in [0.2, 0.25) is 0 Å². The van der Waals surface area contributed by atoms with Crippen molar-refractivity contribution < 1.29 is 23.5 Å². The number of ether oxygens (including phenoxy) is 2. The number of carbonyl (C=O) groups excluding carboxylic acids is 2. The molecule has 2 aromatic heterocycles.